The van der Waals surface area contributed by atoms with Crippen LogP contribution < -0.4 is 15.5 Å². The van der Waals surface area contributed by atoms with Crippen LogP contribution in [-0.2, 0) is 16.0 Å². The number of benzene rings is 1. The van der Waals surface area contributed by atoms with Gasteiger partial charge in [0.2, 0.25) is 0 Å². The molecule has 2 amide bonds. The molecule has 0 aliphatic carbocycles. The normalized spacial score (nSPS) is 14.2. The third-order valence-electron chi connectivity index (χ3n) is 4.06. The maximum Gasteiger partial charge on any atom is 0.309 e. The van der Waals surface area contributed by atoms with Crippen molar-refractivity contribution < 1.29 is 9.59 Å². The van der Waals surface area contributed by atoms with Crippen molar-refractivity contribution in [3.8, 4) is 0 Å². The molecule has 0 fully saturated rings. The summed E-state index contributed by atoms with van der Waals surface area (Å²) < 4.78 is 0. The van der Waals surface area contributed by atoms with Gasteiger partial charge in [0.05, 0.1) is 6.04 Å². The Bertz CT molecular complexity index is 700. The van der Waals surface area contributed by atoms with Crippen LogP contribution in [-0.4, -0.2) is 32.0 Å². The molecule has 120 valence electrons. The molecule has 0 bridgehead atoms. The minimum absolute atomic E-state index is 0.0345. The van der Waals surface area contributed by atoms with Crippen molar-refractivity contribution >= 4 is 28.8 Å². The molecule has 0 saturated carbocycles. The second-order valence-corrected chi connectivity index (χ2v) is 6.37. The molecule has 1 aliphatic rings. The maximum absolute atomic E-state index is 11.8. The SMILES string of the molecule is CNC(=O)C(=O)NCC(c1cccs1)N1CCc2ccccc21. The first-order chi connectivity index (χ1) is 11.2. The quantitative estimate of drug-likeness (QED) is 0.840. The van der Waals surface area contributed by atoms with Gasteiger partial charge in [-0.3, -0.25) is 9.59 Å². The smallest absolute Gasteiger partial charge is 0.309 e. The lowest BCUT2D eigenvalue weighted by atomic mass is 10.1. The summed E-state index contributed by atoms with van der Waals surface area (Å²) in [6, 6.07) is 12.5. The first kappa shape index (κ1) is 15.6. The Morgan fingerprint density at radius 3 is 2.78 bits per heavy atom. The average molecular weight is 329 g/mol. The van der Waals surface area contributed by atoms with E-state index in [0.717, 1.165) is 13.0 Å². The van der Waals surface area contributed by atoms with E-state index in [0.29, 0.717) is 6.54 Å². The Morgan fingerprint density at radius 1 is 1.22 bits per heavy atom. The van der Waals surface area contributed by atoms with E-state index in [2.05, 4.69) is 39.8 Å². The van der Waals surface area contributed by atoms with Gasteiger partial charge in [-0.15, -0.1) is 11.3 Å². The number of hydrogen-bond donors (Lipinski definition) is 2. The van der Waals surface area contributed by atoms with Gasteiger partial charge in [0.1, 0.15) is 0 Å². The molecule has 1 aromatic carbocycles. The first-order valence-electron chi connectivity index (χ1n) is 7.58. The van der Waals surface area contributed by atoms with Crippen molar-refractivity contribution in [3.63, 3.8) is 0 Å². The molecule has 6 heteroatoms. The highest BCUT2D eigenvalue weighted by atomic mass is 32.1. The van der Waals surface area contributed by atoms with E-state index in [1.54, 1.807) is 11.3 Å². The maximum atomic E-state index is 11.8. The van der Waals surface area contributed by atoms with E-state index in [9.17, 15) is 9.59 Å². The summed E-state index contributed by atoms with van der Waals surface area (Å²) in [5.74, 6) is -1.21. The highest BCUT2D eigenvalue weighted by Crippen LogP contribution is 2.36. The lowest BCUT2D eigenvalue weighted by molar-refractivity contribution is -0.138. The molecule has 0 saturated heterocycles. The number of likely N-dealkylation sites (N-methyl/N-ethyl adjacent to an activating group) is 1. The van der Waals surface area contributed by atoms with E-state index in [-0.39, 0.29) is 6.04 Å². The standard InChI is InChI=1S/C17H19N3O2S/c1-18-16(21)17(22)19-11-14(15-7-4-10-23-15)20-9-8-12-5-2-3-6-13(12)20/h2-7,10,14H,8-9,11H2,1H3,(H,18,21)(H,19,22). The zero-order chi connectivity index (χ0) is 16.2. The molecule has 23 heavy (non-hydrogen) atoms. The van der Waals surface area contributed by atoms with Crippen LogP contribution in [0.5, 0.6) is 0 Å². The van der Waals surface area contributed by atoms with Crippen LogP contribution in [0.3, 0.4) is 0 Å². The first-order valence-corrected chi connectivity index (χ1v) is 8.46. The van der Waals surface area contributed by atoms with Crippen LogP contribution >= 0.6 is 11.3 Å². The molecule has 1 aliphatic heterocycles. The lowest BCUT2D eigenvalue weighted by Crippen LogP contribution is -2.43. The fraction of sp³-hybridized carbons (Fsp3) is 0.294. The molecule has 2 aromatic rings. The molecule has 3 rings (SSSR count). The summed E-state index contributed by atoms with van der Waals surface area (Å²) in [7, 11) is 1.45. The molecule has 0 radical (unpaired) electrons. The second-order valence-electron chi connectivity index (χ2n) is 5.39. The largest absolute Gasteiger partial charge is 0.361 e. The molecular weight excluding hydrogens is 310 g/mol. The number of nitrogens with zero attached hydrogens (tertiary/aromatic N) is 1. The van der Waals surface area contributed by atoms with Gasteiger partial charge in [-0.05, 0) is 29.5 Å². The van der Waals surface area contributed by atoms with Crippen molar-refractivity contribution in [2.24, 2.45) is 0 Å². The number of carbonyl (C=O) groups excluding carboxylic acids is 2. The van der Waals surface area contributed by atoms with E-state index in [4.69, 9.17) is 0 Å². The summed E-state index contributed by atoms with van der Waals surface area (Å²) in [6.07, 6.45) is 1.00. The minimum atomic E-state index is -0.614. The number of hydrogen-bond acceptors (Lipinski definition) is 4. The lowest BCUT2D eigenvalue weighted by Gasteiger charge is -2.30. The number of nitrogens with one attached hydrogen (secondary N) is 2. The van der Waals surface area contributed by atoms with E-state index in [1.165, 1.54) is 23.2 Å². The zero-order valence-electron chi connectivity index (χ0n) is 12.9. The summed E-state index contributed by atoms with van der Waals surface area (Å²) in [6.45, 7) is 1.32. The van der Waals surface area contributed by atoms with Crippen LogP contribution in [0, 0.1) is 0 Å². The van der Waals surface area contributed by atoms with Crippen LogP contribution in [0.4, 0.5) is 5.69 Å². The Balaban J connectivity index is 1.81. The van der Waals surface area contributed by atoms with Crippen molar-refractivity contribution in [1.29, 1.82) is 0 Å². The van der Waals surface area contributed by atoms with Gasteiger partial charge < -0.3 is 15.5 Å². The van der Waals surface area contributed by atoms with E-state index < -0.39 is 11.8 Å². The van der Waals surface area contributed by atoms with Crippen LogP contribution in [0.2, 0.25) is 0 Å². The fourth-order valence-corrected chi connectivity index (χ4v) is 3.76. The number of thiophene rings is 1. The average Bonchev–Trinajstić information content (AvgIpc) is 3.24. The third-order valence-corrected chi connectivity index (χ3v) is 5.03. The monoisotopic (exact) mass is 329 g/mol. The highest BCUT2D eigenvalue weighted by molar-refractivity contribution is 7.10. The molecular formula is C17H19N3O2S. The fourth-order valence-electron chi connectivity index (χ4n) is 2.92. The zero-order valence-corrected chi connectivity index (χ0v) is 13.7. The Hall–Kier alpha value is -2.34. The summed E-state index contributed by atoms with van der Waals surface area (Å²) in [5, 5.41) is 7.12. The van der Waals surface area contributed by atoms with Gasteiger partial charge in [-0.2, -0.15) is 0 Å². The van der Waals surface area contributed by atoms with E-state index in [1.807, 2.05) is 17.5 Å². The van der Waals surface area contributed by atoms with Crippen molar-refractivity contribution in [2.45, 2.75) is 12.5 Å². The Kier molecular flexibility index (Phi) is 4.62. The van der Waals surface area contributed by atoms with Crippen LogP contribution in [0.15, 0.2) is 41.8 Å². The number of carbonyl (C=O) groups is 2. The summed E-state index contributed by atoms with van der Waals surface area (Å²) in [4.78, 5) is 26.7. The predicted octanol–water partition coefficient (Wildman–Crippen LogP) is 1.71. The van der Waals surface area contributed by atoms with Gasteiger partial charge in [-0.1, -0.05) is 24.3 Å². The van der Waals surface area contributed by atoms with Gasteiger partial charge in [0.25, 0.3) is 0 Å². The molecule has 1 unspecified atom stereocenters. The molecule has 5 nitrogen and oxygen atoms in total. The van der Waals surface area contributed by atoms with Crippen LogP contribution in [0.25, 0.3) is 0 Å². The number of rotatable bonds is 4. The van der Waals surface area contributed by atoms with Gasteiger partial charge in [0.15, 0.2) is 0 Å². The second kappa shape index (κ2) is 6.83. The number of fused-ring (bicyclic) bond motifs is 1. The number of amides is 2. The van der Waals surface area contributed by atoms with E-state index >= 15 is 0 Å². The van der Waals surface area contributed by atoms with Gasteiger partial charge >= 0.3 is 11.8 Å². The molecule has 2 heterocycles. The number of anilines is 1. The predicted molar refractivity (Wildman–Crippen MR) is 91.6 cm³/mol. The molecule has 2 N–H and O–H groups in total. The highest BCUT2D eigenvalue weighted by Gasteiger charge is 2.28. The van der Waals surface area contributed by atoms with Crippen molar-refractivity contribution in [2.75, 3.05) is 25.0 Å². The van der Waals surface area contributed by atoms with Crippen molar-refractivity contribution in [3.05, 3.63) is 52.2 Å². The van der Waals surface area contributed by atoms with Crippen LogP contribution in [0.1, 0.15) is 16.5 Å². The molecule has 1 atom stereocenters. The topological polar surface area (TPSA) is 61.4 Å². The Morgan fingerprint density at radius 2 is 2.04 bits per heavy atom. The summed E-state index contributed by atoms with van der Waals surface area (Å²) >= 11 is 1.66. The third kappa shape index (κ3) is 3.22. The molecule has 0 spiro atoms. The Labute approximate surface area is 139 Å². The summed E-state index contributed by atoms with van der Waals surface area (Å²) in [5.41, 5.74) is 2.53. The molecule has 1 aromatic heterocycles. The van der Waals surface area contributed by atoms with Crippen molar-refractivity contribution in [1.82, 2.24) is 10.6 Å². The number of para-hydroxylation sites is 1. The minimum Gasteiger partial charge on any atom is -0.361 e. The van der Waals surface area contributed by atoms with Gasteiger partial charge in [0, 0.05) is 30.7 Å². The van der Waals surface area contributed by atoms with Gasteiger partial charge in [-0.25, -0.2) is 0 Å².